The minimum absolute atomic E-state index is 0.0568. The van der Waals surface area contributed by atoms with E-state index in [1.807, 2.05) is 20.8 Å². The van der Waals surface area contributed by atoms with Crippen LogP contribution in [0.15, 0.2) is 54.6 Å². The number of ether oxygens (including phenoxy) is 2. The third-order valence-electron chi connectivity index (χ3n) is 6.91. The molecule has 3 heteroatoms. The van der Waals surface area contributed by atoms with E-state index in [-0.39, 0.29) is 11.6 Å². The van der Waals surface area contributed by atoms with Crippen molar-refractivity contribution in [2.75, 3.05) is 6.61 Å². The molecule has 0 saturated heterocycles. The highest BCUT2D eigenvalue weighted by Crippen LogP contribution is 2.30. The minimum atomic E-state index is -0.361. The second-order valence-corrected chi connectivity index (χ2v) is 11.5. The zero-order valence-electron chi connectivity index (χ0n) is 23.5. The normalized spacial score (nSPS) is 11.8. The second-order valence-electron chi connectivity index (χ2n) is 11.5. The predicted molar refractivity (Wildman–Crippen MR) is 157 cm³/mol. The number of esters is 1. The van der Waals surface area contributed by atoms with Gasteiger partial charge in [0.05, 0.1) is 6.61 Å². The maximum atomic E-state index is 11.7. The molecular formula is C34H48O3. The Bertz CT molecular complexity index is 1080. The first-order chi connectivity index (χ1) is 17.9. The number of rotatable bonds is 17. The van der Waals surface area contributed by atoms with Gasteiger partial charge in [-0.25, -0.2) is 0 Å². The van der Waals surface area contributed by atoms with Crippen LogP contribution < -0.4 is 4.74 Å². The summed E-state index contributed by atoms with van der Waals surface area (Å²) in [6.07, 6.45) is 16.9. The maximum absolute atomic E-state index is 11.7. The van der Waals surface area contributed by atoms with E-state index in [1.54, 1.807) is 0 Å². The van der Waals surface area contributed by atoms with Crippen molar-refractivity contribution in [3.8, 4) is 5.75 Å². The minimum Gasteiger partial charge on any atom is -0.493 e. The average Bonchev–Trinajstić information content (AvgIpc) is 2.86. The van der Waals surface area contributed by atoms with Crippen LogP contribution in [0.5, 0.6) is 5.75 Å². The summed E-state index contributed by atoms with van der Waals surface area (Å²) in [6.45, 7) is 6.57. The SMILES string of the molecule is CC(C)(C)OC(=O)CCCCCCCCCCCCCCCOc1cccc2cc3ccccc3cc12. The number of unbranched alkanes of at least 4 members (excludes halogenated alkanes) is 12. The van der Waals surface area contributed by atoms with Crippen molar-refractivity contribution in [3.63, 3.8) is 0 Å². The smallest absolute Gasteiger partial charge is 0.306 e. The Hall–Kier alpha value is -2.55. The fraction of sp³-hybridized carbons (Fsp3) is 0.559. The molecule has 0 aliphatic rings. The standard InChI is InChI=1S/C34H48O3/c1-34(2,3)37-33(35)24-15-13-11-9-7-5-4-6-8-10-12-14-18-25-36-32-23-19-22-30-26-28-20-16-17-21-29(28)27-31(30)32/h16-17,19-23,26-27H,4-15,18,24-25H2,1-3H3. The lowest BCUT2D eigenvalue weighted by Gasteiger charge is -2.19. The zero-order valence-corrected chi connectivity index (χ0v) is 23.5. The Labute approximate surface area is 224 Å². The van der Waals surface area contributed by atoms with Gasteiger partial charge in [0.2, 0.25) is 0 Å². The van der Waals surface area contributed by atoms with Gasteiger partial charge in [-0.05, 0) is 68.0 Å². The molecule has 37 heavy (non-hydrogen) atoms. The monoisotopic (exact) mass is 504 g/mol. The molecule has 0 radical (unpaired) electrons. The van der Waals surface area contributed by atoms with Crippen molar-refractivity contribution < 1.29 is 14.3 Å². The molecule has 0 heterocycles. The van der Waals surface area contributed by atoms with Gasteiger partial charge in [0, 0.05) is 11.8 Å². The van der Waals surface area contributed by atoms with E-state index in [9.17, 15) is 4.79 Å². The van der Waals surface area contributed by atoms with Crippen LogP contribution in [-0.4, -0.2) is 18.2 Å². The summed E-state index contributed by atoms with van der Waals surface area (Å²) in [5.41, 5.74) is -0.361. The van der Waals surface area contributed by atoms with Gasteiger partial charge in [-0.3, -0.25) is 4.79 Å². The number of hydrogen-bond donors (Lipinski definition) is 0. The van der Waals surface area contributed by atoms with Crippen molar-refractivity contribution in [1.29, 1.82) is 0 Å². The molecule has 0 saturated carbocycles. The van der Waals surface area contributed by atoms with Gasteiger partial charge in [0.15, 0.2) is 0 Å². The Kier molecular flexibility index (Phi) is 12.3. The molecule has 0 atom stereocenters. The van der Waals surface area contributed by atoms with Crippen molar-refractivity contribution in [2.24, 2.45) is 0 Å². The number of carbonyl (C=O) groups excluding carboxylic acids is 1. The van der Waals surface area contributed by atoms with Crippen LogP contribution in [0, 0.1) is 0 Å². The van der Waals surface area contributed by atoms with Crippen LogP contribution in [0.3, 0.4) is 0 Å². The van der Waals surface area contributed by atoms with E-state index in [4.69, 9.17) is 9.47 Å². The van der Waals surface area contributed by atoms with Crippen LogP contribution >= 0.6 is 0 Å². The molecule has 3 rings (SSSR count). The highest BCUT2D eigenvalue weighted by Gasteiger charge is 2.15. The predicted octanol–water partition coefficient (Wildman–Crippen LogP) is 10.2. The van der Waals surface area contributed by atoms with Gasteiger partial charge in [-0.15, -0.1) is 0 Å². The number of hydrogen-bond acceptors (Lipinski definition) is 3. The largest absolute Gasteiger partial charge is 0.493 e. The van der Waals surface area contributed by atoms with Crippen LogP contribution in [0.2, 0.25) is 0 Å². The van der Waals surface area contributed by atoms with Crippen LogP contribution in [-0.2, 0) is 9.53 Å². The maximum Gasteiger partial charge on any atom is 0.306 e. The molecule has 0 spiro atoms. The van der Waals surface area contributed by atoms with Crippen LogP contribution in [0.4, 0.5) is 0 Å². The van der Waals surface area contributed by atoms with E-state index in [0.717, 1.165) is 31.6 Å². The Morgan fingerprint density at radius 1 is 0.622 bits per heavy atom. The molecule has 3 nitrogen and oxygen atoms in total. The summed E-state index contributed by atoms with van der Waals surface area (Å²) in [4.78, 5) is 11.7. The van der Waals surface area contributed by atoms with E-state index < -0.39 is 0 Å². The summed E-state index contributed by atoms with van der Waals surface area (Å²) in [6, 6.07) is 19.4. The van der Waals surface area contributed by atoms with Gasteiger partial charge < -0.3 is 9.47 Å². The number of benzene rings is 3. The molecule has 3 aromatic carbocycles. The fourth-order valence-corrected chi connectivity index (χ4v) is 4.95. The van der Waals surface area contributed by atoms with Gasteiger partial charge in [-0.2, -0.15) is 0 Å². The quantitative estimate of drug-likeness (QED) is 0.104. The molecule has 0 aliphatic carbocycles. The van der Waals surface area contributed by atoms with E-state index in [2.05, 4.69) is 54.6 Å². The lowest BCUT2D eigenvalue weighted by molar-refractivity contribution is -0.154. The van der Waals surface area contributed by atoms with Gasteiger partial charge >= 0.3 is 5.97 Å². The summed E-state index contributed by atoms with van der Waals surface area (Å²) in [5.74, 6) is 0.949. The van der Waals surface area contributed by atoms with Crippen molar-refractivity contribution in [3.05, 3.63) is 54.6 Å². The molecule has 0 aliphatic heterocycles. The third-order valence-corrected chi connectivity index (χ3v) is 6.91. The van der Waals surface area contributed by atoms with Crippen molar-refractivity contribution in [1.82, 2.24) is 0 Å². The molecular weight excluding hydrogens is 456 g/mol. The first-order valence-electron chi connectivity index (χ1n) is 14.7. The van der Waals surface area contributed by atoms with Crippen molar-refractivity contribution >= 4 is 27.5 Å². The van der Waals surface area contributed by atoms with E-state index in [0.29, 0.717) is 6.42 Å². The Morgan fingerprint density at radius 2 is 1.14 bits per heavy atom. The topological polar surface area (TPSA) is 35.5 Å². The fourth-order valence-electron chi connectivity index (χ4n) is 4.95. The summed E-state index contributed by atoms with van der Waals surface area (Å²) >= 11 is 0. The number of fused-ring (bicyclic) bond motifs is 2. The summed E-state index contributed by atoms with van der Waals surface area (Å²) in [7, 11) is 0. The molecule has 202 valence electrons. The highest BCUT2D eigenvalue weighted by molar-refractivity contribution is 6.00. The molecule has 0 amide bonds. The first kappa shape index (κ1) is 29.0. The Balaban J connectivity index is 1.14. The molecule has 0 N–H and O–H groups in total. The van der Waals surface area contributed by atoms with E-state index >= 15 is 0 Å². The Morgan fingerprint density at radius 3 is 1.73 bits per heavy atom. The molecule has 0 unspecified atom stereocenters. The highest BCUT2D eigenvalue weighted by atomic mass is 16.6. The van der Waals surface area contributed by atoms with Gasteiger partial charge in [0.1, 0.15) is 11.4 Å². The van der Waals surface area contributed by atoms with E-state index in [1.165, 1.54) is 85.8 Å². The summed E-state index contributed by atoms with van der Waals surface area (Å²) in [5, 5.41) is 5.00. The second kappa shape index (κ2) is 15.6. The lowest BCUT2D eigenvalue weighted by atomic mass is 10.0. The third kappa shape index (κ3) is 11.2. The molecule has 0 aromatic heterocycles. The average molecular weight is 505 g/mol. The number of carbonyl (C=O) groups is 1. The first-order valence-corrected chi connectivity index (χ1v) is 14.7. The zero-order chi connectivity index (χ0) is 26.3. The van der Waals surface area contributed by atoms with Crippen LogP contribution in [0.25, 0.3) is 21.5 Å². The lowest BCUT2D eigenvalue weighted by Crippen LogP contribution is -2.23. The van der Waals surface area contributed by atoms with Gasteiger partial charge in [-0.1, -0.05) is 107 Å². The van der Waals surface area contributed by atoms with Gasteiger partial charge in [0.25, 0.3) is 0 Å². The summed E-state index contributed by atoms with van der Waals surface area (Å²) < 4.78 is 11.5. The molecule has 0 fully saturated rings. The van der Waals surface area contributed by atoms with Crippen LogP contribution in [0.1, 0.15) is 111 Å². The molecule has 3 aromatic rings. The van der Waals surface area contributed by atoms with Crippen molar-refractivity contribution in [2.45, 2.75) is 116 Å². The molecule has 0 bridgehead atoms.